The van der Waals surface area contributed by atoms with Crippen molar-refractivity contribution in [2.45, 2.75) is 0 Å². The number of hydrogen-bond acceptors (Lipinski definition) is 1. The highest BCUT2D eigenvalue weighted by molar-refractivity contribution is 7.73. The Hall–Kier alpha value is 0.0700. The summed E-state index contributed by atoms with van der Waals surface area (Å²) in [4.78, 5) is 0. The van der Waals surface area contributed by atoms with Gasteiger partial charge in [0.1, 0.15) is 0 Å². The monoisotopic (exact) mass is 83.0 g/mol. The molecule has 0 fully saturated rings. The van der Waals surface area contributed by atoms with Crippen LogP contribution in [0.2, 0.25) is 0 Å². The second-order valence-corrected chi connectivity index (χ2v) is 0.692. The lowest BCUT2D eigenvalue weighted by atomic mass is 15.8. The van der Waals surface area contributed by atoms with Gasteiger partial charge >= 0.3 is 1.43 Å². The Balaban J connectivity index is 0. The van der Waals surface area contributed by atoms with E-state index in [-0.39, 0.29) is 1.43 Å². The van der Waals surface area contributed by atoms with Crippen LogP contribution >= 0.6 is 0 Å². The van der Waals surface area contributed by atoms with Crippen LogP contribution in [0.3, 0.4) is 0 Å². The molecule has 26 valence electrons. The molecule has 0 aromatic carbocycles. The molecule has 0 amide bonds. The Labute approximate surface area is 27.2 Å². The van der Waals surface area contributed by atoms with Gasteiger partial charge in [0, 0.05) is 0 Å². The molecular weight excluding hydrogens is 80.1 g/mol. The third kappa shape index (κ3) is 484. The summed E-state index contributed by atoms with van der Waals surface area (Å²) in [5.74, 6) is 0. The molecule has 0 unspecified atom stereocenters. The Morgan fingerprint density at radius 1 is 1.75 bits per heavy atom. The Bertz CT molecular complexity index is 29.9. The summed E-state index contributed by atoms with van der Waals surface area (Å²) in [7, 11) is 0. The molecule has 0 heterocycles. The third-order valence-electron chi connectivity index (χ3n) is 0. The summed E-state index contributed by atoms with van der Waals surface area (Å²) in [6, 6.07) is 0. The van der Waals surface area contributed by atoms with Crippen molar-refractivity contribution in [3.05, 3.63) is 0 Å². The largest absolute Gasteiger partial charge is 1.00 e. The van der Waals surface area contributed by atoms with E-state index < -0.39 is 11.4 Å². The van der Waals surface area contributed by atoms with Gasteiger partial charge in [-0.15, -0.1) is 0 Å². The molecule has 3 nitrogen and oxygen atoms in total. The normalized spacial score (nSPS) is 8.75. The molecule has 0 atom stereocenters. The quantitative estimate of drug-likeness (QED) is 0.398. The Kier molecular flexibility index (Phi) is 1.42. The first-order valence-electron chi connectivity index (χ1n) is 0.532. The van der Waals surface area contributed by atoms with Crippen molar-refractivity contribution in [3.63, 3.8) is 0 Å². The van der Waals surface area contributed by atoms with Gasteiger partial charge in [-0.25, -0.2) is 0 Å². The zero-order chi connectivity index (χ0) is 3.58. The van der Waals surface area contributed by atoms with Crippen LogP contribution in [0.25, 0.3) is 0 Å². The van der Waals surface area contributed by atoms with E-state index in [0.29, 0.717) is 0 Å². The molecule has 0 aromatic heterocycles. The average Bonchev–Trinajstić information content (AvgIpc) is 0.811. The minimum Gasteiger partial charge on any atom is -0.284 e. The Morgan fingerprint density at radius 3 is 1.75 bits per heavy atom. The summed E-state index contributed by atoms with van der Waals surface area (Å²) in [6.45, 7) is 0. The predicted molar refractivity (Wildman–Crippen MR) is 14.5 cm³/mol. The van der Waals surface area contributed by atoms with Crippen molar-refractivity contribution in [2.24, 2.45) is 0 Å². The summed E-state index contributed by atoms with van der Waals surface area (Å²) in [6.07, 6.45) is 0. The first-order valence-corrected chi connectivity index (χ1v) is 1.60. The van der Waals surface area contributed by atoms with Gasteiger partial charge in [0.05, 0.1) is 0 Å². The van der Waals surface area contributed by atoms with Gasteiger partial charge < -0.3 is 0 Å². The van der Waals surface area contributed by atoms with Gasteiger partial charge in [0.15, 0.2) is 0 Å². The smallest absolute Gasteiger partial charge is 0.284 e. The fourth-order valence-corrected chi connectivity index (χ4v) is 0. The summed E-state index contributed by atoms with van der Waals surface area (Å²) >= 11 is -2.61. The summed E-state index contributed by atoms with van der Waals surface area (Å²) < 4.78 is 22.8. The number of hydrogen-bond donors (Lipinski definition) is 2. The minimum atomic E-state index is -2.61. The van der Waals surface area contributed by atoms with Crippen molar-refractivity contribution in [2.75, 3.05) is 0 Å². The van der Waals surface area contributed by atoms with Crippen LogP contribution < -0.4 is 0 Å². The average molecular weight is 83.1 g/mol. The zero-order valence-electron chi connectivity index (χ0n) is 2.71. The molecule has 4 heavy (non-hydrogen) atoms. The summed E-state index contributed by atoms with van der Waals surface area (Å²) in [5, 5.41) is 0. The maximum absolute atomic E-state index is 8.67. The van der Waals surface area contributed by atoms with Crippen molar-refractivity contribution in [1.29, 1.82) is 0 Å². The van der Waals surface area contributed by atoms with Gasteiger partial charge in [-0.3, -0.25) is 9.11 Å². The van der Waals surface area contributed by atoms with Crippen LogP contribution in [-0.4, -0.2) is 13.3 Å². The van der Waals surface area contributed by atoms with Crippen LogP contribution in [-0.2, 0) is 11.4 Å². The maximum atomic E-state index is 8.67. The van der Waals surface area contributed by atoms with Gasteiger partial charge in [-0.2, -0.15) is 4.21 Å². The Morgan fingerprint density at radius 2 is 1.75 bits per heavy atom. The topological polar surface area (TPSA) is 57.5 Å². The summed E-state index contributed by atoms with van der Waals surface area (Å²) in [5.41, 5.74) is 0. The van der Waals surface area contributed by atoms with E-state index in [1.165, 1.54) is 0 Å². The van der Waals surface area contributed by atoms with Gasteiger partial charge in [0.25, 0.3) is 11.4 Å². The minimum absolute atomic E-state index is 0. The molecule has 0 bridgehead atoms. The molecule has 0 aliphatic heterocycles. The molecule has 0 spiro atoms. The van der Waals surface area contributed by atoms with E-state index in [2.05, 4.69) is 0 Å². The molecule has 0 saturated heterocycles. The molecule has 2 N–H and O–H groups in total. The molecule has 0 aromatic rings. The molecule has 0 radical (unpaired) electrons. The van der Waals surface area contributed by atoms with Crippen molar-refractivity contribution in [1.82, 2.24) is 0 Å². The molecule has 4 heteroatoms. The van der Waals surface area contributed by atoms with E-state index in [4.69, 9.17) is 13.3 Å². The standard InChI is InChI=1S/H2O3S/c1-4(2)3/h(H2,1,2,3)/p+1. The van der Waals surface area contributed by atoms with Crippen LogP contribution in [0.1, 0.15) is 1.43 Å². The van der Waals surface area contributed by atoms with Crippen LogP contribution in [0.5, 0.6) is 0 Å². The molecule has 0 saturated carbocycles. The first-order chi connectivity index (χ1) is 1.73. The first kappa shape index (κ1) is 4.07. The lowest BCUT2D eigenvalue weighted by molar-refractivity contribution is 0.454. The highest BCUT2D eigenvalue weighted by atomic mass is 32.2. The molecule has 0 aliphatic rings. The van der Waals surface area contributed by atoms with Gasteiger partial charge in [0.2, 0.25) is 0 Å². The highest BCUT2D eigenvalue weighted by Crippen LogP contribution is 1.44. The second kappa shape index (κ2) is 1.40. The fraction of sp³-hybridized carbons (Fsp3) is 0. The van der Waals surface area contributed by atoms with E-state index in [1.54, 1.807) is 0 Å². The lowest BCUT2D eigenvalue weighted by Crippen LogP contribution is -1.74. The molecule has 0 aliphatic carbocycles. The van der Waals surface area contributed by atoms with Crippen molar-refractivity contribution < 1.29 is 14.7 Å². The third-order valence-corrected chi connectivity index (χ3v) is 0. The lowest BCUT2D eigenvalue weighted by Gasteiger charge is -1.59. The van der Waals surface area contributed by atoms with Crippen LogP contribution in [0.15, 0.2) is 0 Å². The molecular formula is H3O3S+. The van der Waals surface area contributed by atoms with Gasteiger partial charge in [-0.1, -0.05) is 0 Å². The van der Waals surface area contributed by atoms with Crippen LogP contribution in [0.4, 0.5) is 0 Å². The predicted octanol–water partition coefficient (Wildman–Crippen LogP) is -0.206. The van der Waals surface area contributed by atoms with Crippen molar-refractivity contribution >= 4 is 11.4 Å². The molecule has 0 rings (SSSR count). The van der Waals surface area contributed by atoms with Crippen molar-refractivity contribution in [3.8, 4) is 0 Å². The van der Waals surface area contributed by atoms with E-state index in [0.717, 1.165) is 0 Å². The second-order valence-electron chi connectivity index (χ2n) is 0.231. The van der Waals surface area contributed by atoms with E-state index in [9.17, 15) is 0 Å². The number of rotatable bonds is 0. The zero-order valence-corrected chi connectivity index (χ0v) is 2.53. The van der Waals surface area contributed by atoms with Gasteiger partial charge in [-0.05, 0) is 0 Å². The SMILES string of the molecule is O=S(O)O.[H+]. The van der Waals surface area contributed by atoms with Crippen LogP contribution in [0, 0.1) is 0 Å². The van der Waals surface area contributed by atoms with E-state index >= 15 is 0 Å². The van der Waals surface area contributed by atoms with E-state index in [1.807, 2.05) is 0 Å². The maximum Gasteiger partial charge on any atom is 1.00 e. The highest BCUT2D eigenvalue weighted by Gasteiger charge is 1.62. The fourth-order valence-electron chi connectivity index (χ4n) is 0.